The highest BCUT2D eigenvalue weighted by Crippen LogP contribution is 2.28. The third kappa shape index (κ3) is 2.33. The molecule has 0 aliphatic carbocycles. The maximum atomic E-state index is 6.12. The maximum absolute atomic E-state index is 6.12. The molecule has 108 valence electrons. The number of anilines is 1. The molecule has 1 atom stereocenters. The number of nitrogen functional groups attached to an aromatic ring is 1. The Morgan fingerprint density at radius 2 is 1.86 bits per heavy atom. The first-order chi connectivity index (χ1) is 10.1. The maximum Gasteiger partial charge on any atom is 0.201 e. The largest absolute Gasteiger partial charge is 0.497 e. The predicted molar refractivity (Wildman–Crippen MR) is 85.7 cm³/mol. The molecule has 4 nitrogen and oxygen atoms in total. The van der Waals surface area contributed by atoms with Crippen molar-refractivity contribution in [3.8, 4) is 5.75 Å². The number of rotatable bonds is 3. The minimum Gasteiger partial charge on any atom is -0.497 e. The van der Waals surface area contributed by atoms with E-state index in [1.54, 1.807) is 7.11 Å². The van der Waals surface area contributed by atoms with Gasteiger partial charge in [0.1, 0.15) is 5.75 Å². The lowest BCUT2D eigenvalue weighted by Crippen LogP contribution is -2.10. The van der Waals surface area contributed by atoms with Crippen molar-refractivity contribution in [2.75, 3.05) is 12.8 Å². The molecule has 0 aliphatic heterocycles. The standard InChI is InChI=1S/C17H19N3O/c1-11-4-9-15-16(10-11)20(17(18)19-15)12(2)13-5-7-14(21-3)8-6-13/h4-10,12H,1-3H3,(H2,18,19). The summed E-state index contributed by atoms with van der Waals surface area (Å²) in [6, 6.07) is 14.4. The second-order valence-corrected chi connectivity index (χ2v) is 5.28. The number of nitrogens with two attached hydrogens (primary N) is 1. The van der Waals surface area contributed by atoms with Crippen LogP contribution in [-0.2, 0) is 0 Å². The van der Waals surface area contributed by atoms with Crippen molar-refractivity contribution in [2.24, 2.45) is 0 Å². The van der Waals surface area contributed by atoms with E-state index < -0.39 is 0 Å². The van der Waals surface area contributed by atoms with Gasteiger partial charge < -0.3 is 15.0 Å². The Morgan fingerprint density at radius 1 is 1.14 bits per heavy atom. The smallest absolute Gasteiger partial charge is 0.201 e. The molecule has 0 bridgehead atoms. The average molecular weight is 281 g/mol. The van der Waals surface area contributed by atoms with Crippen LogP contribution in [0.1, 0.15) is 24.1 Å². The first-order valence-electron chi connectivity index (χ1n) is 6.98. The van der Waals surface area contributed by atoms with Crippen LogP contribution in [0.15, 0.2) is 42.5 Å². The van der Waals surface area contributed by atoms with Crippen molar-refractivity contribution >= 4 is 17.0 Å². The molecular formula is C17H19N3O. The summed E-state index contributed by atoms with van der Waals surface area (Å²) in [5, 5.41) is 0. The van der Waals surface area contributed by atoms with Gasteiger partial charge in [-0.25, -0.2) is 4.98 Å². The minimum absolute atomic E-state index is 0.114. The predicted octanol–water partition coefficient (Wildman–Crippen LogP) is 3.54. The van der Waals surface area contributed by atoms with Crippen molar-refractivity contribution in [1.82, 2.24) is 9.55 Å². The van der Waals surface area contributed by atoms with Crippen LogP contribution in [0.4, 0.5) is 5.95 Å². The van der Waals surface area contributed by atoms with E-state index in [0.717, 1.165) is 16.8 Å². The molecule has 0 spiro atoms. The topological polar surface area (TPSA) is 53.1 Å². The molecule has 0 saturated carbocycles. The third-order valence-electron chi connectivity index (χ3n) is 3.86. The molecule has 1 unspecified atom stereocenters. The molecule has 2 N–H and O–H groups in total. The number of fused-ring (bicyclic) bond motifs is 1. The molecule has 0 saturated heterocycles. The number of aromatic nitrogens is 2. The van der Waals surface area contributed by atoms with Gasteiger partial charge in [0, 0.05) is 0 Å². The third-order valence-corrected chi connectivity index (χ3v) is 3.86. The molecule has 4 heteroatoms. The summed E-state index contributed by atoms with van der Waals surface area (Å²) >= 11 is 0. The number of nitrogens with zero attached hydrogens (tertiary/aromatic N) is 2. The quantitative estimate of drug-likeness (QED) is 0.798. The molecule has 3 aromatic rings. The Labute approximate surface area is 124 Å². The van der Waals surface area contributed by atoms with Crippen LogP contribution in [0.25, 0.3) is 11.0 Å². The fraction of sp³-hybridized carbons (Fsp3) is 0.235. The summed E-state index contributed by atoms with van der Waals surface area (Å²) in [4.78, 5) is 4.45. The number of hydrogen-bond acceptors (Lipinski definition) is 3. The molecule has 0 radical (unpaired) electrons. The summed E-state index contributed by atoms with van der Waals surface area (Å²) in [6.07, 6.45) is 0. The zero-order valence-electron chi connectivity index (χ0n) is 12.5. The molecule has 0 aliphatic rings. The lowest BCUT2D eigenvalue weighted by Gasteiger charge is -2.17. The minimum atomic E-state index is 0.114. The molecular weight excluding hydrogens is 262 g/mol. The Morgan fingerprint density at radius 3 is 2.52 bits per heavy atom. The summed E-state index contributed by atoms with van der Waals surface area (Å²) in [5.41, 5.74) is 10.5. The van der Waals surface area contributed by atoms with Gasteiger partial charge in [0.05, 0.1) is 24.2 Å². The number of methoxy groups -OCH3 is 1. The SMILES string of the molecule is COc1ccc(C(C)n2c(N)nc3ccc(C)cc32)cc1. The molecule has 1 heterocycles. The summed E-state index contributed by atoms with van der Waals surface area (Å²) < 4.78 is 7.28. The fourth-order valence-corrected chi connectivity index (χ4v) is 2.66. The molecule has 2 aromatic carbocycles. The number of imidazole rings is 1. The van der Waals surface area contributed by atoms with Gasteiger partial charge in [-0.3, -0.25) is 0 Å². The van der Waals surface area contributed by atoms with E-state index in [1.165, 1.54) is 11.1 Å². The highest BCUT2D eigenvalue weighted by molar-refractivity contribution is 5.79. The van der Waals surface area contributed by atoms with E-state index in [-0.39, 0.29) is 6.04 Å². The lowest BCUT2D eigenvalue weighted by atomic mass is 10.1. The highest BCUT2D eigenvalue weighted by Gasteiger charge is 2.15. The average Bonchev–Trinajstić information content (AvgIpc) is 2.82. The zero-order chi connectivity index (χ0) is 15.0. The number of hydrogen-bond donors (Lipinski definition) is 1. The Kier molecular flexibility index (Phi) is 3.29. The Bertz CT molecular complexity index is 775. The van der Waals surface area contributed by atoms with Crippen LogP contribution in [-0.4, -0.2) is 16.7 Å². The molecule has 0 fully saturated rings. The first-order valence-corrected chi connectivity index (χ1v) is 6.98. The number of benzene rings is 2. The van der Waals surface area contributed by atoms with Gasteiger partial charge in [-0.15, -0.1) is 0 Å². The van der Waals surface area contributed by atoms with E-state index in [0.29, 0.717) is 5.95 Å². The van der Waals surface area contributed by atoms with Gasteiger partial charge in [-0.1, -0.05) is 18.2 Å². The van der Waals surface area contributed by atoms with E-state index in [9.17, 15) is 0 Å². The van der Waals surface area contributed by atoms with Gasteiger partial charge in [0.25, 0.3) is 0 Å². The van der Waals surface area contributed by atoms with E-state index in [4.69, 9.17) is 10.5 Å². The second kappa shape index (κ2) is 5.13. The Balaban J connectivity index is 2.09. The van der Waals surface area contributed by atoms with Crippen LogP contribution in [0, 0.1) is 6.92 Å². The molecule has 1 aromatic heterocycles. The second-order valence-electron chi connectivity index (χ2n) is 5.28. The summed E-state index contributed by atoms with van der Waals surface area (Å²) in [5.74, 6) is 1.39. The van der Waals surface area contributed by atoms with Crippen LogP contribution in [0.5, 0.6) is 5.75 Å². The Hall–Kier alpha value is -2.49. The van der Waals surface area contributed by atoms with Crippen molar-refractivity contribution in [1.29, 1.82) is 0 Å². The zero-order valence-corrected chi connectivity index (χ0v) is 12.5. The normalized spacial score (nSPS) is 12.5. The van der Waals surface area contributed by atoms with Crippen molar-refractivity contribution < 1.29 is 4.74 Å². The molecule has 0 amide bonds. The summed E-state index contributed by atoms with van der Waals surface area (Å²) in [7, 11) is 1.67. The van der Waals surface area contributed by atoms with Gasteiger partial charge in [0.15, 0.2) is 0 Å². The highest BCUT2D eigenvalue weighted by atomic mass is 16.5. The fourth-order valence-electron chi connectivity index (χ4n) is 2.66. The van der Waals surface area contributed by atoms with E-state index in [1.807, 2.05) is 18.2 Å². The van der Waals surface area contributed by atoms with Gasteiger partial charge >= 0.3 is 0 Å². The van der Waals surface area contributed by atoms with E-state index >= 15 is 0 Å². The van der Waals surface area contributed by atoms with Crippen LogP contribution < -0.4 is 10.5 Å². The lowest BCUT2D eigenvalue weighted by molar-refractivity contribution is 0.414. The molecule has 3 rings (SSSR count). The van der Waals surface area contributed by atoms with Crippen molar-refractivity contribution in [2.45, 2.75) is 19.9 Å². The first kappa shape index (κ1) is 13.5. The van der Waals surface area contributed by atoms with Crippen molar-refractivity contribution in [3.05, 3.63) is 53.6 Å². The van der Waals surface area contributed by atoms with Crippen molar-refractivity contribution in [3.63, 3.8) is 0 Å². The van der Waals surface area contributed by atoms with E-state index in [2.05, 4.69) is 47.7 Å². The van der Waals surface area contributed by atoms with Gasteiger partial charge in [0.2, 0.25) is 5.95 Å². The van der Waals surface area contributed by atoms with Gasteiger partial charge in [-0.05, 0) is 49.2 Å². The number of aryl methyl sites for hydroxylation is 1. The van der Waals surface area contributed by atoms with Gasteiger partial charge in [-0.2, -0.15) is 0 Å². The van der Waals surface area contributed by atoms with Crippen LogP contribution >= 0.6 is 0 Å². The summed E-state index contributed by atoms with van der Waals surface area (Å²) in [6.45, 7) is 4.20. The monoisotopic (exact) mass is 281 g/mol. The van der Waals surface area contributed by atoms with Crippen LogP contribution in [0.3, 0.4) is 0 Å². The molecule has 21 heavy (non-hydrogen) atoms. The number of ether oxygens (including phenoxy) is 1. The van der Waals surface area contributed by atoms with Crippen LogP contribution in [0.2, 0.25) is 0 Å².